The molecule has 0 radical (unpaired) electrons. The molecule has 0 aliphatic carbocycles. The lowest BCUT2D eigenvalue weighted by atomic mass is 9.81. The Kier molecular flexibility index (Phi) is 3.71. The third-order valence-corrected chi connectivity index (χ3v) is 2.96. The van der Waals surface area contributed by atoms with Crippen molar-refractivity contribution in [1.29, 1.82) is 0 Å². The summed E-state index contributed by atoms with van der Waals surface area (Å²) in [6.45, 7) is 4.40. The van der Waals surface area contributed by atoms with Crippen LogP contribution in [0.25, 0.3) is 0 Å². The Hall–Kier alpha value is -0.640. The lowest BCUT2D eigenvalue weighted by Gasteiger charge is -2.30. The van der Waals surface area contributed by atoms with Crippen LogP contribution < -0.4 is 11.5 Å². The SMILES string of the molecule is CC(C)(CN)C(N)c1ccc(F)c(Cl)c1. The minimum Gasteiger partial charge on any atom is -0.330 e. The van der Waals surface area contributed by atoms with Crippen molar-refractivity contribution in [2.75, 3.05) is 6.54 Å². The van der Waals surface area contributed by atoms with E-state index >= 15 is 0 Å². The quantitative estimate of drug-likeness (QED) is 0.838. The number of nitrogens with two attached hydrogens (primary N) is 2. The second-order valence-electron chi connectivity index (χ2n) is 4.34. The molecule has 15 heavy (non-hydrogen) atoms. The van der Waals surface area contributed by atoms with Crippen molar-refractivity contribution >= 4 is 11.6 Å². The van der Waals surface area contributed by atoms with Crippen molar-refractivity contribution in [1.82, 2.24) is 0 Å². The highest BCUT2D eigenvalue weighted by molar-refractivity contribution is 6.30. The van der Waals surface area contributed by atoms with Gasteiger partial charge in [-0.3, -0.25) is 0 Å². The van der Waals surface area contributed by atoms with E-state index in [4.69, 9.17) is 23.1 Å². The Morgan fingerprint density at radius 2 is 2.07 bits per heavy atom. The summed E-state index contributed by atoms with van der Waals surface area (Å²) in [6, 6.07) is 4.27. The molecule has 0 aliphatic rings. The van der Waals surface area contributed by atoms with Gasteiger partial charge in [-0.25, -0.2) is 4.39 Å². The lowest BCUT2D eigenvalue weighted by Crippen LogP contribution is -2.35. The Morgan fingerprint density at radius 1 is 1.47 bits per heavy atom. The van der Waals surface area contributed by atoms with Gasteiger partial charge >= 0.3 is 0 Å². The van der Waals surface area contributed by atoms with Crippen LogP contribution >= 0.6 is 11.6 Å². The van der Waals surface area contributed by atoms with E-state index in [1.165, 1.54) is 6.07 Å². The summed E-state index contributed by atoms with van der Waals surface area (Å²) < 4.78 is 12.9. The third kappa shape index (κ3) is 2.68. The third-order valence-electron chi connectivity index (χ3n) is 2.67. The summed E-state index contributed by atoms with van der Waals surface area (Å²) in [5.41, 5.74) is 12.2. The highest BCUT2D eigenvalue weighted by Gasteiger charge is 2.26. The average molecular weight is 231 g/mol. The zero-order chi connectivity index (χ0) is 11.6. The molecular formula is C11H16ClFN2. The number of hydrogen-bond acceptors (Lipinski definition) is 2. The fourth-order valence-corrected chi connectivity index (χ4v) is 1.47. The van der Waals surface area contributed by atoms with E-state index < -0.39 is 5.82 Å². The molecule has 0 saturated heterocycles. The molecule has 0 heterocycles. The molecule has 1 unspecified atom stereocenters. The minimum atomic E-state index is -0.432. The Labute approximate surface area is 94.4 Å². The molecule has 84 valence electrons. The molecule has 2 nitrogen and oxygen atoms in total. The smallest absolute Gasteiger partial charge is 0.141 e. The molecule has 1 rings (SSSR count). The van der Waals surface area contributed by atoms with Crippen LogP contribution in [0.5, 0.6) is 0 Å². The van der Waals surface area contributed by atoms with Gasteiger partial charge in [0.25, 0.3) is 0 Å². The standard InChI is InChI=1S/C11H16ClFN2/c1-11(2,6-14)10(15)7-3-4-9(13)8(12)5-7/h3-5,10H,6,14-15H2,1-2H3. The summed E-state index contributed by atoms with van der Waals surface area (Å²) in [6.07, 6.45) is 0. The molecule has 0 saturated carbocycles. The number of rotatable bonds is 3. The van der Waals surface area contributed by atoms with Gasteiger partial charge in [0.05, 0.1) is 5.02 Å². The number of benzene rings is 1. The second-order valence-corrected chi connectivity index (χ2v) is 4.75. The van der Waals surface area contributed by atoms with Gasteiger partial charge < -0.3 is 11.5 Å². The summed E-state index contributed by atoms with van der Waals surface area (Å²) >= 11 is 5.69. The predicted octanol–water partition coefficient (Wildman–Crippen LogP) is 2.46. The summed E-state index contributed by atoms with van der Waals surface area (Å²) in [4.78, 5) is 0. The Morgan fingerprint density at radius 3 is 2.53 bits per heavy atom. The van der Waals surface area contributed by atoms with E-state index in [9.17, 15) is 4.39 Å². The minimum absolute atomic E-state index is 0.0933. The number of hydrogen-bond donors (Lipinski definition) is 2. The van der Waals surface area contributed by atoms with E-state index in [1.807, 2.05) is 13.8 Å². The first kappa shape index (κ1) is 12.4. The summed E-state index contributed by atoms with van der Waals surface area (Å²) in [5.74, 6) is -0.432. The average Bonchev–Trinajstić information content (AvgIpc) is 2.21. The van der Waals surface area contributed by atoms with E-state index in [0.717, 1.165) is 5.56 Å². The van der Waals surface area contributed by atoms with E-state index in [0.29, 0.717) is 6.54 Å². The molecule has 1 aromatic rings. The molecule has 0 amide bonds. The largest absolute Gasteiger partial charge is 0.330 e. The lowest BCUT2D eigenvalue weighted by molar-refractivity contribution is 0.301. The van der Waals surface area contributed by atoms with Gasteiger partial charge in [-0.05, 0) is 29.7 Å². The van der Waals surface area contributed by atoms with Gasteiger partial charge in [0.1, 0.15) is 5.82 Å². The summed E-state index contributed by atoms with van der Waals surface area (Å²) in [5, 5.41) is 0.0933. The molecule has 4 heteroatoms. The fourth-order valence-electron chi connectivity index (χ4n) is 1.28. The van der Waals surface area contributed by atoms with Crippen LogP contribution in [0, 0.1) is 11.2 Å². The highest BCUT2D eigenvalue weighted by atomic mass is 35.5. The molecule has 0 bridgehead atoms. The molecule has 0 aromatic heterocycles. The zero-order valence-electron chi connectivity index (χ0n) is 8.93. The van der Waals surface area contributed by atoms with Crippen LogP contribution in [0.15, 0.2) is 18.2 Å². The molecule has 4 N–H and O–H groups in total. The highest BCUT2D eigenvalue weighted by Crippen LogP contribution is 2.31. The van der Waals surface area contributed by atoms with Crippen LogP contribution in [-0.4, -0.2) is 6.54 Å². The first-order chi connectivity index (χ1) is 6.88. The van der Waals surface area contributed by atoms with Crippen molar-refractivity contribution in [2.24, 2.45) is 16.9 Å². The normalized spacial score (nSPS) is 14.0. The van der Waals surface area contributed by atoms with Crippen molar-refractivity contribution in [3.63, 3.8) is 0 Å². The van der Waals surface area contributed by atoms with Crippen LogP contribution in [0.1, 0.15) is 25.5 Å². The van der Waals surface area contributed by atoms with Gasteiger partial charge in [0.2, 0.25) is 0 Å². The van der Waals surface area contributed by atoms with Crippen LogP contribution in [0.4, 0.5) is 4.39 Å². The first-order valence-corrected chi connectivity index (χ1v) is 5.17. The monoisotopic (exact) mass is 230 g/mol. The predicted molar refractivity (Wildman–Crippen MR) is 61.2 cm³/mol. The Balaban J connectivity index is 3.02. The maximum atomic E-state index is 12.9. The van der Waals surface area contributed by atoms with Crippen molar-refractivity contribution < 1.29 is 4.39 Å². The van der Waals surface area contributed by atoms with Gasteiger partial charge in [0, 0.05) is 6.04 Å². The first-order valence-electron chi connectivity index (χ1n) is 4.79. The molecule has 0 fully saturated rings. The zero-order valence-corrected chi connectivity index (χ0v) is 9.68. The number of halogens is 2. The second kappa shape index (κ2) is 4.47. The van der Waals surface area contributed by atoms with Crippen LogP contribution in [-0.2, 0) is 0 Å². The van der Waals surface area contributed by atoms with E-state index in [1.54, 1.807) is 12.1 Å². The van der Waals surface area contributed by atoms with Gasteiger partial charge in [-0.15, -0.1) is 0 Å². The van der Waals surface area contributed by atoms with Crippen LogP contribution in [0.3, 0.4) is 0 Å². The molecule has 1 aromatic carbocycles. The molecule has 1 atom stereocenters. The van der Waals surface area contributed by atoms with Gasteiger partial charge in [0.15, 0.2) is 0 Å². The van der Waals surface area contributed by atoms with Gasteiger partial charge in [-0.2, -0.15) is 0 Å². The maximum absolute atomic E-state index is 12.9. The van der Waals surface area contributed by atoms with E-state index in [-0.39, 0.29) is 16.5 Å². The molecule has 0 aliphatic heterocycles. The van der Waals surface area contributed by atoms with Gasteiger partial charge in [-0.1, -0.05) is 31.5 Å². The van der Waals surface area contributed by atoms with Crippen molar-refractivity contribution in [2.45, 2.75) is 19.9 Å². The Bertz CT molecular complexity index is 352. The van der Waals surface area contributed by atoms with Crippen molar-refractivity contribution in [3.05, 3.63) is 34.6 Å². The fraction of sp³-hybridized carbons (Fsp3) is 0.455. The topological polar surface area (TPSA) is 52.0 Å². The molecule has 0 spiro atoms. The van der Waals surface area contributed by atoms with Crippen LogP contribution in [0.2, 0.25) is 5.02 Å². The molecular weight excluding hydrogens is 215 g/mol. The van der Waals surface area contributed by atoms with E-state index in [2.05, 4.69) is 0 Å². The maximum Gasteiger partial charge on any atom is 0.141 e. The van der Waals surface area contributed by atoms with Crippen molar-refractivity contribution in [3.8, 4) is 0 Å². The summed E-state index contributed by atoms with van der Waals surface area (Å²) in [7, 11) is 0.